The minimum absolute atomic E-state index is 0.334. The van der Waals surface area contributed by atoms with Crippen LogP contribution in [0.3, 0.4) is 0 Å². The highest BCUT2D eigenvalue weighted by Gasteiger charge is 2.14. The summed E-state index contributed by atoms with van der Waals surface area (Å²) in [6, 6.07) is -0.442. The van der Waals surface area contributed by atoms with Gasteiger partial charge in [0.15, 0.2) is 0 Å². The quantitative estimate of drug-likeness (QED) is 0.594. The Morgan fingerprint density at radius 2 is 2.09 bits per heavy atom. The summed E-state index contributed by atoms with van der Waals surface area (Å²) in [6.07, 6.45) is 0. The van der Waals surface area contributed by atoms with Crippen LogP contribution in [0.5, 0.6) is 0 Å². The fraction of sp³-hybridized carbons (Fsp3) is 0.857. The molecule has 0 spiro atoms. The number of carboxylic acid groups (broad SMARTS) is 1. The summed E-state index contributed by atoms with van der Waals surface area (Å²) in [7, 11) is 1.85. The van der Waals surface area contributed by atoms with Crippen molar-refractivity contribution in [3.05, 3.63) is 0 Å². The van der Waals surface area contributed by atoms with Crippen molar-refractivity contribution in [1.82, 2.24) is 4.90 Å². The molecule has 0 bridgehead atoms. The van der Waals surface area contributed by atoms with Gasteiger partial charge in [-0.1, -0.05) is 0 Å². The molecule has 0 saturated heterocycles. The Bertz CT molecular complexity index is 136. The van der Waals surface area contributed by atoms with Gasteiger partial charge in [-0.15, -0.1) is 0 Å². The lowest BCUT2D eigenvalue weighted by Crippen LogP contribution is -2.43. The second-order valence-corrected chi connectivity index (χ2v) is 2.98. The van der Waals surface area contributed by atoms with E-state index in [0.29, 0.717) is 12.6 Å². The van der Waals surface area contributed by atoms with Gasteiger partial charge in [0.25, 0.3) is 0 Å². The van der Waals surface area contributed by atoms with Crippen LogP contribution in [-0.4, -0.2) is 41.7 Å². The summed E-state index contributed by atoms with van der Waals surface area (Å²) in [4.78, 5) is 12.2. The van der Waals surface area contributed by atoms with Crippen LogP contribution < -0.4 is 5.73 Å². The van der Waals surface area contributed by atoms with Crippen molar-refractivity contribution in [2.75, 3.05) is 13.6 Å². The summed E-state index contributed by atoms with van der Waals surface area (Å²) in [5, 5.41) is 8.46. The summed E-state index contributed by atoms with van der Waals surface area (Å²) >= 11 is 0. The van der Waals surface area contributed by atoms with E-state index in [-0.39, 0.29) is 0 Å². The third kappa shape index (κ3) is 3.95. The van der Waals surface area contributed by atoms with Crippen LogP contribution in [0.4, 0.5) is 0 Å². The monoisotopic (exact) mass is 160 g/mol. The molecule has 0 aliphatic heterocycles. The molecule has 4 nitrogen and oxygen atoms in total. The van der Waals surface area contributed by atoms with E-state index in [0.717, 1.165) is 0 Å². The molecule has 0 aliphatic rings. The number of likely N-dealkylation sites (N-methyl/N-ethyl adjacent to an activating group) is 1. The molecule has 4 heteroatoms. The van der Waals surface area contributed by atoms with Crippen LogP contribution in [-0.2, 0) is 4.79 Å². The molecule has 66 valence electrons. The Balaban J connectivity index is 3.75. The third-order valence-corrected chi connectivity index (χ3v) is 1.68. The van der Waals surface area contributed by atoms with Crippen molar-refractivity contribution in [3.8, 4) is 0 Å². The predicted molar refractivity (Wildman–Crippen MR) is 43.4 cm³/mol. The summed E-state index contributed by atoms with van der Waals surface area (Å²) in [6.45, 7) is 4.39. The molecular weight excluding hydrogens is 144 g/mol. The predicted octanol–water partition coefficient (Wildman–Crippen LogP) is -0.261. The van der Waals surface area contributed by atoms with E-state index in [4.69, 9.17) is 10.8 Å². The fourth-order valence-corrected chi connectivity index (χ4v) is 0.599. The van der Waals surface area contributed by atoms with Crippen LogP contribution >= 0.6 is 0 Å². The van der Waals surface area contributed by atoms with Gasteiger partial charge in [0, 0.05) is 12.6 Å². The van der Waals surface area contributed by atoms with Crippen LogP contribution in [0.25, 0.3) is 0 Å². The minimum atomic E-state index is -0.947. The van der Waals surface area contributed by atoms with Crippen molar-refractivity contribution in [3.63, 3.8) is 0 Å². The molecule has 0 fully saturated rings. The molecule has 0 saturated carbocycles. The van der Waals surface area contributed by atoms with Crippen molar-refractivity contribution < 1.29 is 9.90 Å². The van der Waals surface area contributed by atoms with E-state index in [1.54, 1.807) is 0 Å². The number of rotatable bonds is 4. The first-order valence-corrected chi connectivity index (χ1v) is 3.63. The van der Waals surface area contributed by atoms with Crippen LogP contribution in [0.2, 0.25) is 0 Å². The first-order chi connectivity index (χ1) is 4.95. The maximum Gasteiger partial charge on any atom is 0.321 e. The van der Waals surface area contributed by atoms with E-state index < -0.39 is 12.0 Å². The Kier molecular flexibility index (Phi) is 4.07. The number of hydrogen-bond donors (Lipinski definition) is 2. The Labute approximate surface area is 67.0 Å². The number of carbonyl (C=O) groups is 1. The van der Waals surface area contributed by atoms with Crippen molar-refractivity contribution in [2.24, 2.45) is 5.73 Å². The summed E-state index contributed by atoms with van der Waals surface area (Å²) in [5.41, 5.74) is 5.31. The smallest absolute Gasteiger partial charge is 0.321 e. The third-order valence-electron chi connectivity index (χ3n) is 1.68. The van der Waals surface area contributed by atoms with Crippen LogP contribution in [0.15, 0.2) is 0 Å². The molecule has 3 N–H and O–H groups in total. The number of nitrogens with two attached hydrogens (primary N) is 1. The van der Waals surface area contributed by atoms with Crippen LogP contribution in [0, 0.1) is 0 Å². The molecule has 0 aromatic heterocycles. The molecule has 0 aromatic rings. The largest absolute Gasteiger partial charge is 0.480 e. The summed E-state index contributed by atoms with van der Waals surface area (Å²) < 4.78 is 0. The SMILES string of the molecule is CC(C)N(C)CC(N)C(=O)O. The molecule has 0 amide bonds. The van der Waals surface area contributed by atoms with Gasteiger partial charge in [-0.05, 0) is 20.9 Å². The lowest BCUT2D eigenvalue weighted by molar-refractivity contribution is -0.139. The molecule has 1 atom stereocenters. The van der Waals surface area contributed by atoms with E-state index in [1.807, 2.05) is 25.8 Å². The van der Waals surface area contributed by atoms with Gasteiger partial charge >= 0.3 is 5.97 Å². The topological polar surface area (TPSA) is 66.6 Å². The van der Waals surface area contributed by atoms with E-state index >= 15 is 0 Å². The van der Waals surface area contributed by atoms with Gasteiger partial charge in [0.2, 0.25) is 0 Å². The molecule has 0 radical (unpaired) electrons. The van der Waals surface area contributed by atoms with Gasteiger partial charge in [-0.25, -0.2) is 0 Å². The Hall–Kier alpha value is -0.610. The average molecular weight is 160 g/mol. The Morgan fingerprint density at radius 1 is 1.64 bits per heavy atom. The van der Waals surface area contributed by atoms with Gasteiger partial charge in [-0.2, -0.15) is 0 Å². The molecule has 1 unspecified atom stereocenters. The first-order valence-electron chi connectivity index (χ1n) is 3.63. The minimum Gasteiger partial charge on any atom is -0.480 e. The standard InChI is InChI=1S/C7H16N2O2/c1-5(2)9(3)4-6(8)7(10)11/h5-6H,4,8H2,1-3H3,(H,10,11). The maximum atomic E-state index is 10.3. The molecule has 0 aliphatic carbocycles. The van der Waals surface area contributed by atoms with Crippen LogP contribution in [0.1, 0.15) is 13.8 Å². The van der Waals surface area contributed by atoms with Gasteiger partial charge < -0.3 is 15.7 Å². The zero-order chi connectivity index (χ0) is 9.02. The van der Waals surface area contributed by atoms with E-state index in [1.165, 1.54) is 0 Å². The second kappa shape index (κ2) is 4.31. The lowest BCUT2D eigenvalue weighted by Gasteiger charge is -2.22. The van der Waals surface area contributed by atoms with E-state index in [2.05, 4.69) is 0 Å². The van der Waals surface area contributed by atoms with Gasteiger partial charge in [0.1, 0.15) is 6.04 Å². The molecular formula is C7H16N2O2. The molecule has 0 rings (SSSR count). The number of aliphatic carboxylic acids is 1. The normalized spacial score (nSPS) is 14.0. The number of carboxylic acids is 1. The Morgan fingerprint density at radius 3 is 2.36 bits per heavy atom. The fourth-order valence-electron chi connectivity index (χ4n) is 0.599. The molecule has 11 heavy (non-hydrogen) atoms. The zero-order valence-corrected chi connectivity index (χ0v) is 7.24. The maximum absolute atomic E-state index is 10.3. The molecule has 0 aromatic carbocycles. The highest BCUT2D eigenvalue weighted by atomic mass is 16.4. The molecule has 0 heterocycles. The number of hydrogen-bond acceptors (Lipinski definition) is 3. The highest BCUT2D eigenvalue weighted by molar-refractivity contribution is 5.73. The van der Waals surface area contributed by atoms with Gasteiger partial charge in [0.05, 0.1) is 0 Å². The summed E-state index contributed by atoms with van der Waals surface area (Å²) in [5.74, 6) is -0.947. The van der Waals surface area contributed by atoms with E-state index in [9.17, 15) is 4.79 Å². The number of nitrogens with zero attached hydrogens (tertiary/aromatic N) is 1. The lowest BCUT2D eigenvalue weighted by atomic mass is 10.2. The van der Waals surface area contributed by atoms with Crippen molar-refractivity contribution >= 4 is 5.97 Å². The average Bonchev–Trinajstić information content (AvgIpc) is 1.87. The zero-order valence-electron chi connectivity index (χ0n) is 7.24. The second-order valence-electron chi connectivity index (χ2n) is 2.98. The highest BCUT2D eigenvalue weighted by Crippen LogP contribution is 1.94. The van der Waals surface area contributed by atoms with Gasteiger partial charge in [-0.3, -0.25) is 4.79 Å². The van der Waals surface area contributed by atoms with Crippen molar-refractivity contribution in [2.45, 2.75) is 25.9 Å². The van der Waals surface area contributed by atoms with Crippen molar-refractivity contribution in [1.29, 1.82) is 0 Å². The first kappa shape index (κ1) is 10.4.